The van der Waals surface area contributed by atoms with Crippen molar-refractivity contribution in [1.29, 1.82) is 0 Å². The van der Waals surface area contributed by atoms with Crippen LogP contribution in [-0.2, 0) is 6.42 Å². The van der Waals surface area contributed by atoms with Crippen LogP contribution in [0.25, 0.3) is 11.1 Å². The van der Waals surface area contributed by atoms with Gasteiger partial charge >= 0.3 is 0 Å². The molecule has 3 heteroatoms. The van der Waals surface area contributed by atoms with Gasteiger partial charge in [0, 0.05) is 23.2 Å². The average molecular weight is 227 g/mol. The highest BCUT2D eigenvalue weighted by atomic mass is 16.5. The van der Waals surface area contributed by atoms with E-state index in [9.17, 15) is 5.11 Å². The smallest absolute Gasteiger partial charge is 0.125 e. The first-order chi connectivity index (χ1) is 8.27. The van der Waals surface area contributed by atoms with E-state index in [1.807, 2.05) is 18.2 Å². The Morgan fingerprint density at radius 3 is 2.76 bits per heavy atom. The van der Waals surface area contributed by atoms with Gasteiger partial charge in [0.25, 0.3) is 0 Å². The van der Waals surface area contributed by atoms with E-state index in [4.69, 9.17) is 10.5 Å². The number of aromatic hydroxyl groups is 1. The summed E-state index contributed by atoms with van der Waals surface area (Å²) in [5, 5.41) is 9.96. The van der Waals surface area contributed by atoms with Gasteiger partial charge in [0.05, 0.1) is 6.61 Å². The number of nitrogen functional groups attached to an aromatic ring is 1. The van der Waals surface area contributed by atoms with Crippen LogP contribution in [0.3, 0.4) is 0 Å². The number of ether oxygens (including phenoxy) is 1. The van der Waals surface area contributed by atoms with E-state index in [1.165, 1.54) is 0 Å². The van der Waals surface area contributed by atoms with Crippen LogP contribution in [0.5, 0.6) is 11.5 Å². The van der Waals surface area contributed by atoms with E-state index in [0.717, 1.165) is 23.3 Å². The molecule has 3 rings (SSSR count). The van der Waals surface area contributed by atoms with E-state index in [2.05, 4.69) is 0 Å². The minimum atomic E-state index is 0.213. The molecule has 1 heterocycles. The van der Waals surface area contributed by atoms with Gasteiger partial charge in [-0.05, 0) is 23.8 Å². The van der Waals surface area contributed by atoms with Gasteiger partial charge in [0.2, 0.25) is 0 Å². The fourth-order valence-electron chi connectivity index (χ4n) is 2.31. The number of phenols is 1. The quantitative estimate of drug-likeness (QED) is 0.736. The largest absolute Gasteiger partial charge is 0.507 e. The molecule has 0 saturated heterocycles. The molecule has 0 saturated carbocycles. The fourth-order valence-corrected chi connectivity index (χ4v) is 2.31. The lowest BCUT2D eigenvalue weighted by atomic mass is 9.96. The summed E-state index contributed by atoms with van der Waals surface area (Å²) in [5.41, 5.74) is 9.33. The van der Waals surface area contributed by atoms with Gasteiger partial charge in [0.1, 0.15) is 11.5 Å². The Kier molecular flexibility index (Phi) is 2.18. The van der Waals surface area contributed by atoms with Crippen LogP contribution in [0.4, 0.5) is 5.69 Å². The summed E-state index contributed by atoms with van der Waals surface area (Å²) in [6.07, 6.45) is 0.860. The number of hydrogen-bond donors (Lipinski definition) is 2. The first kappa shape index (κ1) is 10.0. The maximum absolute atomic E-state index is 9.96. The van der Waals surface area contributed by atoms with Crippen molar-refractivity contribution in [2.45, 2.75) is 6.42 Å². The normalized spacial score (nSPS) is 13.2. The molecule has 0 fully saturated rings. The van der Waals surface area contributed by atoms with Gasteiger partial charge in [-0.15, -0.1) is 0 Å². The van der Waals surface area contributed by atoms with Crippen molar-refractivity contribution in [1.82, 2.24) is 0 Å². The third kappa shape index (κ3) is 1.51. The van der Waals surface area contributed by atoms with Gasteiger partial charge in [-0.1, -0.05) is 18.2 Å². The Morgan fingerprint density at radius 1 is 1.12 bits per heavy atom. The molecule has 17 heavy (non-hydrogen) atoms. The molecule has 0 bridgehead atoms. The molecular formula is C14H13NO2. The Bertz CT molecular complexity index is 558. The Balaban J connectivity index is 2.26. The summed E-state index contributed by atoms with van der Waals surface area (Å²) >= 11 is 0. The number of fused-ring (bicyclic) bond motifs is 1. The Hall–Kier alpha value is -2.16. The molecular weight excluding hydrogens is 214 g/mol. The lowest BCUT2D eigenvalue weighted by molar-refractivity contribution is 0.357. The van der Waals surface area contributed by atoms with Gasteiger partial charge in [-0.25, -0.2) is 0 Å². The molecule has 2 aromatic rings. The molecule has 1 aliphatic heterocycles. The summed E-state index contributed by atoms with van der Waals surface area (Å²) in [6, 6.07) is 11.0. The molecule has 0 atom stereocenters. The zero-order valence-corrected chi connectivity index (χ0v) is 9.31. The van der Waals surface area contributed by atoms with Crippen LogP contribution in [0, 0.1) is 0 Å². The third-order valence-corrected chi connectivity index (χ3v) is 3.09. The lowest BCUT2D eigenvalue weighted by Gasteiger charge is -2.11. The number of phenolic OH excluding ortho intramolecular Hbond substituents is 1. The van der Waals surface area contributed by atoms with Crippen molar-refractivity contribution in [3.63, 3.8) is 0 Å². The fraction of sp³-hybridized carbons (Fsp3) is 0.143. The van der Waals surface area contributed by atoms with Gasteiger partial charge in [0.15, 0.2) is 0 Å². The number of anilines is 1. The second-order valence-electron chi connectivity index (χ2n) is 4.12. The monoisotopic (exact) mass is 227 g/mol. The Labute approximate surface area is 99.5 Å². The predicted molar refractivity (Wildman–Crippen MR) is 67.2 cm³/mol. The van der Waals surface area contributed by atoms with E-state index in [0.29, 0.717) is 17.9 Å². The van der Waals surface area contributed by atoms with Gasteiger partial charge in [-0.3, -0.25) is 0 Å². The highest BCUT2D eigenvalue weighted by Gasteiger charge is 2.19. The maximum atomic E-state index is 9.96. The van der Waals surface area contributed by atoms with Crippen LogP contribution in [0.1, 0.15) is 5.56 Å². The summed E-state index contributed by atoms with van der Waals surface area (Å²) in [7, 11) is 0. The Morgan fingerprint density at radius 2 is 1.94 bits per heavy atom. The highest BCUT2D eigenvalue weighted by Crippen LogP contribution is 2.41. The highest BCUT2D eigenvalue weighted by molar-refractivity contribution is 5.84. The zero-order chi connectivity index (χ0) is 11.8. The van der Waals surface area contributed by atoms with Gasteiger partial charge < -0.3 is 15.6 Å². The van der Waals surface area contributed by atoms with Crippen LogP contribution >= 0.6 is 0 Å². The van der Waals surface area contributed by atoms with Crippen molar-refractivity contribution < 1.29 is 9.84 Å². The average Bonchev–Trinajstić information content (AvgIpc) is 2.77. The topological polar surface area (TPSA) is 55.5 Å². The summed E-state index contributed by atoms with van der Waals surface area (Å²) in [5.74, 6) is 1.11. The molecule has 1 aliphatic rings. The molecule has 0 spiro atoms. The number of rotatable bonds is 1. The lowest BCUT2D eigenvalue weighted by Crippen LogP contribution is -1.93. The van der Waals surface area contributed by atoms with Crippen LogP contribution < -0.4 is 10.5 Å². The van der Waals surface area contributed by atoms with Crippen LogP contribution in [-0.4, -0.2) is 11.7 Å². The molecule has 0 unspecified atom stereocenters. The van der Waals surface area contributed by atoms with Crippen molar-refractivity contribution in [2.24, 2.45) is 0 Å². The van der Waals surface area contributed by atoms with Crippen molar-refractivity contribution >= 4 is 5.69 Å². The van der Waals surface area contributed by atoms with Crippen LogP contribution in [0.2, 0.25) is 0 Å². The SMILES string of the molecule is Nc1cccc(O)c1-c1cccc2c1CCO2. The predicted octanol–water partition coefficient (Wildman–Crippen LogP) is 2.58. The van der Waals surface area contributed by atoms with Crippen molar-refractivity contribution in [2.75, 3.05) is 12.3 Å². The van der Waals surface area contributed by atoms with Gasteiger partial charge in [-0.2, -0.15) is 0 Å². The first-order valence-electron chi connectivity index (χ1n) is 5.60. The number of benzene rings is 2. The third-order valence-electron chi connectivity index (χ3n) is 3.09. The molecule has 86 valence electrons. The van der Waals surface area contributed by atoms with Crippen molar-refractivity contribution in [3.8, 4) is 22.6 Å². The second-order valence-corrected chi connectivity index (χ2v) is 4.12. The summed E-state index contributed by atoms with van der Waals surface area (Å²) < 4.78 is 5.52. The molecule has 0 aromatic heterocycles. The molecule has 0 amide bonds. The molecule has 3 N–H and O–H groups in total. The van der Waals surface area contributed by atoms with E-state index >= 15 is 0 Å². The molecule has 2 aromatic carbocycles. The standard InChI is InChI=1S/C14H13NO2/c15-11-4-2-5-12(16)14(11)10-3-1-6-13-9(10)7-8-17-13/h1-6,16H,7-8,15H2. The minimum absolute atomic E-state index is 0.213. The van der Waals surface area contributed by atoms with Crippen LogP contribution in [0.15, 0.2) is 36.4 Å². The first-order valence-corrected chi connectivity index (χ1v) is 5.60. The van der Waals surface area contributed by atoms with Crippen molar-refractivity contribution in [3.05, 3.63) is 42.0 Å². The maximum Gasteiger partial charge on any atom is 0.125 e. The van der Waals surface area contributed by atoms with E-state index < -0.39 is 0 Å². The summed E-state index contributed by atoms with van der Waals surface area (Å²) in [6.45, 7) is 0.694. The summed E-state index contributed by atoms with van der Waals surface area (Å²) in [4.78, 5) is 0. The molecule has 3 nitrogen and oxygen atoms in total. The molecule has 0 radical (unpaired) electrons. The van der Waals surface area contributed by atoms with E-state index in [1.54, 1.807) is 18.2 Å². The molecule has 0 aliphatic carbocycles. The number of nitrogens with two attached hydrogens (primary N) is 1. The minimum Gasteiger partial charge on any atom is -0.507 e. The number of hydrogen-bond acceptors (Lipinski definition) is 3. The van der Waals surface area contributed by atoms with E-state index in [-0.39, 0.29) is 5.75 Å². The zero-order valence-electron chi connectivity index (χ0n) is 9.31. The second kappa shape index (κ2) is 3.70.